The van der Waals surface area contributed by atoms with Crippen molar-refractivity contribution in [3.63, 3.8) is 0 Å². The summed E-state index contributed by atoms with van der Waals surface area (Å²) in [7, 11) is 0. The van der Waals surface area contributed by atoms with Crippen LogP contribution in [0.1, 0.15) is 77.3 Å². The third kappa shape index (κ3) is 5.11. The lowest BCUT2D eigenvalue weighted by atomic mass is 9.69. The highest BCUT2D eigenvalue weighted by molar-refractivity contribution is 5.22. The Bertz CT molecular complexity index is 873. The third-order valence-electron chi connectivity index (χ3n) is 6.43. The summed E-state index contributed by atoms with van der Waals surface area (Å²) in [6.45, 7) is 11.4. The minimum atomic E-state index is -0.0641. The fourth-order valence-electron chi connectivity index (χ4n) is 3.87. The monoisotopic (exact) mass is 391 g/mol. The fourth-order valence-corrected chi connectivity index (χ4v) is 3.87. The van der Waals surface area contributed by atoms with Gasteiger partial charge in [-0.3, -0.25) is 9.97 Å². The average molecular weight is 392 g/mol. The lowest BCUT2D eigenvalue weighted by molar-refractivity contribution is 0.260. The molecule has 0 fully saturated rings. The van der Waals surface area contributed by atoms with Gasteiger partial charge < -0.3 is 4.52 Å². The van der Waals surface area contributed by atoms with Gasteiger partial charge in [-0.05, 0) is 54.9 Å². The first kappa shape index (κ1) is 21.2. The lowest BCUT2D eigenvalue weighted by Gasteiger charge is -2.36. The molecule has 0 saturated carbocycles. The highest BCUT2D eigenvalue weighted by Crippen LogP contribution is 2.41. The summed E-state index contributed by atoms with van der Waals surface area (Å²) in [6, 6.07) is 12.4. The molecule has 0 aliphatic heterocycles. The first-order valence-electron chi connectivity index (χ1n) is 10.5. The molecule has 1 atom stereocenters. The molecule has 0 radical (unpaired) electrons. The molecule has 3 heterocycles. The zero-order chi connectivity index (χ0) is 21.0. The first-order valence-corrected chi connectivity index (χ1v) is 10.5. The Morgan fingerprint density at radius 1 is 0.759 bits per heavy atom. The number of nitrogens with zero attached hydrogens (tertiary/aromatic N) is 3. The summed E-state index contributed by atoms with van der Waals surface area (Å²) in [6.07, 6.45) is 11.6. The Labute approximate surface area is 174 Å². The molecule has 154 valence electrons. The predicted molar refractivity (Wildman–Crippen MR) is 117 cm³/mol. The van der Waals surface area contributed by atoms with E-state index in [0.717, 1.165) is 37.1 Å². The molecule has 0 aliphatic carbocycles. The zero-order valence-electron chi connectivity index (χ0n) is 18.4. The smallest absolute Gasteiger partial charge is 0.142 e. The second-order valence-corrected chi connectivity index (χ2v) is 9.66. The van der Waals surface area contributed by atoms with E-state index in [1.807, 2.05) is 36.8 Å². The number of pyridine rings is 2. The molecule has 0 N–H and O–H groups in total. The predicted octanol–water partition coefficient (Wildman–Crippen LogP) is 6.24. The van der Waals surface area contributed by atoms with Gasteiger partial charge in [0, 0.05) is 41.2 Å². The summed E-state index contributed by atoms with van der Waals surface area (Å²) >= 11 is 0. The second-order valence-electron chi connectivity index (χ2n) is 9.66. The second kappa shape index (κ2) is 8.48. The van der Waals surface area contributed by atoms with Crippen molar-refractivity contribution in [3.05, 3.63) is 78.2 Å². The molecule has 3 aromatic rings. The molecule has 1 unspecified atom stereocenters. The van der Waals surface area contributed by atoms with Crippen LogP contribution in [0.2, 0.25) is 0 Å². The van der Waals surface area contributed by atoms with E-state index in [4.69, 9.17) is 9.51 Å². The van der Waals surface area contributed by atoms with Crippen molar-refractivity contribution in [1.82, 2.24) is 15.1 Å². The molecule has 4 nitrogen and oxygen atoms in total. The fraction of sp³-hybridized carbons (Fsp3) is 0.480. The maximum Gasteiger partial charge on any atom is 0.142 e. The van der Waals surface area contributed by atoms with E-state index in [9.17, 15) is 0 Å². The van der Waals surface area contributed by atoms with Gasteiger partial charge in [-0.15, -0.1) is 0 Å². The highest BCUT2D eigenvalue weighted by Gasteiger charge is 2.35. The van der Waals surface area contributed by atoms with Gasteiger partial charge in [-0.25, -0.2) is 0 Å². The topological polar surface area (TPSA) is 51.8 Å². The summed E-state index contributed by atoms with van der Waals surface area (Å²) in [5, 5.41) is 3.90. The van der Waals surface area contributed by atoms with Crippen molar-refractivity contribution in [2.75, 3.05) is 0 Å². The van der Waals surface area contributed by atoms with Gasteiger partial charge in [0.05, 0.1) is 6.20 Å². The number of hydrogen-bond donors (Lipinski definition) is 0. The van der Waals surface area contributed by atoms with Crippen LogP contribution in [0.15, 0.2) is 65.7 Å². The minimum absolute atomic E-state index is 0.0158. The van der Waals surface area contributed by atoms with Crippen LogP contribution < -0.4 is 0 Å². The molecule has 0 spiro atoms. The van der Waals surface area contributed by atoms with Gasteiger partial charge in [0.25, 0.3) is 0 Å². The number of rotatable bonds is 9. The van der Waals surface area contributed by atoms with Gasteiger partial charge >= 0.3 is 0 Å². The normalized spacial score (nSPS) is 14.5. The molecule has 0 aliphatic rings. The van der Waals surface area contributed by atoms with E-state index in [1.165, 1.54) is 5.56 Å². The summed E-state index contributed by atoms with van der Waals surface area (Å²) in [4.78, 5) is 9.06. The van der Waals surface area contributed by atoms with Gasteiger partial charge in [0.1, 0.15) is 5.76 Å². The van der Waals surface area contributed by atoms with Crippen molar-refractivity contribution in [2.45, 2.75) is 76.5 Å². The van der Waals surface area contributed by atoms with E-state index in [-0.39, 0.29) is 16.2 Å². The molecular formula is C25H33N3O. The molecule has 0 amide bonds. The van der Waals surface area contributed by atoms with Crippen molar-refractivity contribution in [1.29, 1.82) is 0 Å². The molecule has 29 heavy (non-hydrogen) atoms. The standard InChI is InChI=1S/C25H33N3O/c1-23(2,20-9-8-16-26-19-20)12-14-25(5,21-10-6-7-17-27-21)15-13-24(3,4)22-11-18-28-29-22/h6-11,16-19H,12-15H2,1-5H3. The van der Waals surface area contributed by atoms with Crippen LogP contribution >= 0.6 is 0 Å². The Morgan fingerprint density at radius 3 is 2.10 bits per heavy atom. The maximum absolute atomic E-state index is 5.47. The molecule has 0 aromatic carbocycles. The van der Waals surface area contributed by atoms with Crippen molar-refractivity contribution in [2.24, 2.45) is 0 Å². The average Bonchev–Trinajstić information content (AvgIpc) is 3.28. The molecule has 4 heteroatoms. The molecular weight excluding hydrogens is 358 g/mol. The molecule has 0 bridgehead atoms. The Balaban J connectivity index is 1.79. The van der Waals surface area contributed by atoms with E-state index in [1.54, 1.807) is 6.20 Å². The SMILES string of the molecule is CC(C)(CCC(C)(CCC(C)(C)c1ccno1)c1ccccn1)c1cccnc1. The van der Waals surface area contributed by atoms with Crippen LogP contribution in [0.4, 0.5) is 0 Å². The van der Waals surface area contributed by atoms with E-state index >= 15 is 0 Å². The van der Waals surface area contributed by atoms with Crippen molar-refractivity contribution < 1.29 is 4.52 Å². The van der Waals surface area contributed by atoms with Crippen molar-refractivity contribution in [3.8, 4) is 0 Å². The molecule has 3 aromatic heterocycles. The third-order valence-corrected chi connectivity index (χ3v) is 6.43. The van der Waals surface area contributed by atoms with E-state index in [2.05, 4.69) is 63.0 Å². The van der Waals surface area contributed by atoms with Crippen LogP contribution in [0.25, 0.3) is 0 Å². The maximum atomic E-state index is 5.47. The van der Waals surface area contributed by atoms with Gasteiger partial charge in [-0.1, -0.05) is 51.9 Å². The van der Waals surface area contributed by atoms with Crippen LogP contribution in [0.3, 0.4) is 0 Å². The lowest BCUT2D eigenvalue weighted by Crippen LogP contribution is -2.30. The minimum Gasteiger partial charge on any atom is -0.361 e. The number of hydrogen-bond acceptors (Lipinski definition) is 4. The summed E-state index contributed by atoms with van der Waals surface area (Å²) < 4.78 is 5.47. The summed E-state index contributed by atoms with van der Waals surface area (Å²) in [5.41, 5.74) is 2.43. The van der Waals surface area contributed by atoms with Crippen molar-refractivity contribution >= 4 is 0 Å². The largest absolute Gasteiger partial charge is 0.361 e. The molecule has 0 saturated heterocycles. The van der Waals surface area contributed by atoms with Gasteiger partial charge in [-0.2, -0.15) is 0 Å². The Kier molecular flexibility index (Phi) is 6.21. The summed E-state index contributed by atoms with van der Waals surface area (Å²) in [5.74, 6) is 0.941. The first-order chi connectivity index (χ1) is 13.7. The van der Waals surface area contributed by atoms with Crippen LogP contribution in [-0.4, -0.2) is 15.1 Å². The van der Waals surface area contributed by atoms with Gasteiger partial charge in [0.15, 0.2) is 0 Å². The van der Waals surface area contributed by atoms with Crippen LogP contribution in [-0.2, 0) is 16.2 Å². The Morgan fingerprint density at radius 2 is 1.52 bits per heavy atom. The van der Waals surface area contributed by atoms with E-state index < -0.39 is 0 Å². The van der Waals surface area contributed by atoms with Crippen LogP contribution in [0.5, 0.6) is 0 Å². The highest BCUT2D eigenvalue weighted by atomic mass is 16.5. The van der Waals surface area contributed by atoms with Crippen LogP contribution in [0, 0.1) is 0 Å². The molecule has 3 rings (SSSR count). The van der Waals surface area contributed by atoms with Gasteiger partial charge in [0.2, 0.25) is 0 Å². The quantitative estimate of drug-likeness (QED) is 0.433. The Hall–Kier alpha value is -2.49. The van der Waals surface area contributed by atoms with E-state index in [0.29, 0.717) is 0 Å². The number of aromatic nitrogens is 3. The zero-order valence-corrected chi connectivity index (χ0v) is 18.4.